The summed E-state index contributed by atoms with van der Waals surface area (Å²) >= 11 is 0. The lowest BCUT2D eigenvalue weighted by Gasteiger charge is -2.32. The van der Waals surface area contributed by atoms with Gasteiger partial charge in [0, 0.05) is 6.42 Å². The fraction of sp³-hybridized carbons (Fsp3) is 0.667. The molecule has 1 heterocycles. The van der Waals surface area contributed by atoms with E-state index >= 15 is 0 Å². The maximum absolute atomic E-state index is 11.4. The third kappa shape index (κ3) is 6.50. The Hall–Kier alpha value is -1.57. The lowest BCUT2D eigenvalue weighted by molar-refractivity contribution is -0.149. The lowest BCUT2D eigenvalue weighted by Crippen LogP contribution is -2.41. The summed E-state index contributed by atoms with van der Waals surface area (Å²) in [5, 5.41) is 0. The monoisotopic (exact) mass is 392 g/mol. The van der Waals surface area contributed by atoms with Crippen molar-refractivity contribution < 1.29 is 28.3 Å². The number of hydrogen-bond acceptors (Lipinski definition) is 6. The molecule has 7 heteroatoms. The third-order valence-corrected chi connectivity index (χ3v) is 5.09. The summed E-state index contributed by atoms with van der Waals surface area (Å²) in [4.78, 5) is 11.4. The SMILES string of the molecule is CCCCOC(=O)COCCCOc1ccc(B2OC(C)(C)C(C)(C)O2)cc1. The Bertz CT molecular complexity index is 598. The molecule has 156 valence electrons. The molecular formula is C21H33BO6. The van der Waals surface area contributed by atoms with Gasteiger partial charge in [-0.1, -0.05) is 25.5 Å². The molecule has 1 fully saturated rings. The van der Waals surface area contributed by atoms with E-state index in [1.807, 2.05) is 52.0 Å². The Morgan fingerprint density at radius 1 is 0.964 bits per heavy atom. The van der Waals surface area contributed by atoms with Gasteiger partial charge in [-0.2, -0.15) is 0 Å². The van der Waals surface area contributed by atoms with Crippen LogP contribution in [0.2, 0.25) is 0 Å². The van der Waals surface area contributed by atoms with Gasteiger partial charge < -0.3 is 23.5 Å². The van der Waals surface area contributed by atoms with Crippen LogP contribution >= 0.6 is 0 Å². The molecular weight excluding hydrogens is 359 g/mol. The predicted octanol–water partition coefficient (Wildman–Crippen LogP) is 3.11. The zero-order valence-electron chi connectivity index (χ0n) is 17.8. The van der Waals surface area contributed by atoms with Crippen molar-refractivity contribution in [2.45, 2.75) is 65.1 Å². The second kappa shape index (κ2) is 10.3. The highest BCUT2D eigenvalue weighted by Gasteiger charge is 2.51. The molecule has 0 radical (unpaired) electrons. The molecule has 0 saturated carbocycles. The molecule has 0 atom stereocenters. The molecule has 0 unspecified atom stereocenters. The van der Waals surface area contributed by atoms with Gasteiger partial charge in [0.1, 0.15) is 12.4 Å². The summed E-state index contributed by atoms with van der Waals surface area (Å²) in [5.74, 6) is 0.465. The summed E-state index contributed by atoms with van der Waals surface area (Å²) < 4.78 is 28.1. The number of rotatable bonds is 11. The first-order chi connectivity index (χ1) is 13.2. The number of carbonyl (C=O) groups excluding carboxylic acids is 1. The first kappa shape index (κ1) is 22.7. The third-order valence-electron chi connectivity index (χ3n) is 5.09. The minimum absolute atomic E-state index is 0.00744. The van der Waals surface area contributed by atoms with E-state index in [1.54, 1.807) is 0 Å². The standard InChI is InChI=1S/C21H33BO6/c1-6-7-14-26-19(23)16-24-13-8-15-25-18-11-9-17(10-12-18)22-27-20(2,3)21(4,5)28-22/h9-12H,6-8,13-16H2,1-5H3. The Morgan fingerprint density at radius 3 is 2.21 bits per heavy atom. The molecule has 0 bridgehead atoms. The van der Waals surface area contributed by atoms with Gasteiger partial charge in [0.25, 0.3) is 0 Å². The summed E-state index contributed by atoms with van der Waals surface area (Å²) in [6.45, 7) is 11.6. The summed E-state index contributed by atoms with van der Waals surface area (Å²) in [6.07, 6.45) is 2.58. The van der Waals surface area contributed by atoms with Crippen molar-refractivity contribution in [1.82, 2.24) is 0 Å². The van der Waals surface area contributed by atoms with Crippen LogP contribution in [0.15, 0.2) is 24.3 Å². The molecule has 1 aromatic rings. The molecule has 0 N–H and O–H groups in total. The molecule has 1 aliphatic rings. The van der Waals surface area contributed by atoms with Crippen molar-refractivity contribution in [3.63, 3.8) is 0 Å². The number of ether oxygens (including phenoxy) is 3. The molecule has 1 aliphatic heterocycles. The maximum atomic E-state index is 11.4. The largest absolute Gasteiger partial charge is 0.494 e. The van der Waals surface area contributed by atoms with Crippen molar-refractivity contribution in [3.05, 3.63) is 24.3 Å². The highest BCUT2D eigenvalue weighted by Crippen LogP contribution is 2.36. The van der Waals surface area contributed by atoms with Gasteiger partial charge >= 0.3 is 13.1 Å². The van der Waals surface area contributed by atoms with Gasteiger partial charge in [-0.05, 0) is 51.7 Å². The van der Waals surface area contributed by atoms with Crippen LogP contribution in [0.3, 0.4) is 0 Å². The second-order valence-electron chi connectivity index (χ2n) is 7.99. The van der Waals surface area contributed by atoms with E-state index in [2.05, 4.69) is 6.92 Å². The Morgan fingerprint density at radius 2 is 1.61 bits per heavy atom. The molecule has 0 aliphatic carbocycles. The molecule has 1 aromatic carbocycles. The number of benzene rings is 1. The minimum Gasteiger partial charge on any atom is -0.494 e. The first-order valence-corrected chi connectivity index (χ1v) is 10.1. The molecule has 1 saturated heterocycles. The van der Waals surface area contributed by atoms with E-state index in [1.165, 1.54) is 0 Å². The second-order valence-corrected chi connectivity index (χ2v) is 7.99. The Labute approximate surface area is 169 Å². The van der Waals surface area contributed by atoms with Crippen LogP contribution in [0.4, 0.5) is 0 Å². The van der Waals surface area contributed by atoms with Gasteiger partial charge in [-0.15, -0.1) is 0 Å². The van der Waals surface area contributed by atoms with Crippen LogP contribution in [0.5, 0.6) is 5.75 Å². The van der Waals surface area contributed by atoms with Crippen LogP contribution in [-0.4, -0.2) is 50.7 Å². The maximum Gasteiger partial charge on any atom is 0.494 e. The van der Waals surface area contributed by atoms with Crippen LogP contribution in [0.1, 0.15) is 53.9 Å². The Balaban J connectivity index is 1.64. The number of unbranched alkanes of at least 4 members (excludes halogenated alkanes) is 1. The van der Waals surface area contributed by atoms with Crippen LogP contribution in [0.25, 0.3) is 0 Å². The molecule has 0 amide bonds. The van der Waals surface area contributed by atoms with Crippen LogP contribution in [0, 0.1) is 0 Å². The lowest BCUT2D eigenvalue weighted by atomic mass is 9.79. The first-order valence-electron chi connectivity index (χ1n) is 10.1. The minimum atomic E-state index is -0.371. The number of hydrogen-bond donors (Lipinski definition) is 0. The number of esters is 1. The zero-order valence-corrected chi connectivity index (χ0v) is 17.8. The predicted molar refractivity (Wildman–Crippen MR) is 109 cm³/mol. The van der Waals surface area contributed by atoms with Crippen molar-refractivity contribution in [2.24, 2.45) is 0 Å². The van der Waals surface area contributed by atoms with Gasteiger partial charge in [0.15, 0.2) is 0 Å². The van der Waals surface area contributed by atoms with E-state index in [9.17, 15) is 4.79 Å². The zero-order chi connectivity index (χ0) is 20.6. The van der Waals surface area contributed by atoms with Gasteiger partial charge in [0.05, 0.1) is 31.0 Å². The van der Waals surface area contributed by atoms with E-state index in [0.29, 0.717) is 26.2 Å². The average Bonchev–Trinajstić information content (AvgIpc) is 2.86. The molecule has 28 heavy (non-hydrogen) atoms. The van der Waals surface area contributed by atoms with Gasteiger partial charge in [-0.3, -0.25) is 0 Å². The smallest absolute Gasteiger partial charge is 0.494 e. The molecule has 0 spiro atoms. The average molecular weight is 392 g/mol. The van der Waals surface area contributed by atoms with Crippen molar-refractivity contribution >= 4 is 18.6 Å². The molecule has 0 aromatic heterocycles. The normalized spacial score (nSPS) is 17.5. The highest BCUT2D eigenvalue weighted by molar-refractivity contribution is 6.62. The molecule has 6 nitrogen and oxygen atoms in total. The van der Waals surface area contributed by atoms with Crippen molar-refractivity contribution in [2.75, 3.05) is 26.4 Å². The topological polar surface area (TPSA) is 63.2 Å². The van der Waals surface area contributed by atoms with E-state index in [0.717, 1.165) is 24.1 Å². The molecule has 2 rings (SSSR count). The summed E-state index contributed by atoms with van der Waals surface area (Å²) in [7, 11) is -0.371. The van der Waals surface area contributed by atoms with Gasteiger partial charge in [0.2, 0.25) is 0 Å². The fourth-order valence-electron chi connectivity index (χ4n) is 2.58. The number of carbonyl (C=O) groups is 1. The van der Waals surface area contributed by atoms with Crippen LogP contribution in [-0.2, 0) is 23.6 Å². The summed E-state index contributed by atoms with van der Waals surface area (Å²) in [6, 6.07) is 7.74. The van der Waals surface area contributed by atoms with Crippen LogP contribution < -0.4 is 10.2 Å². The van der Waals surface area contributed by atoms with Crippen molar-refractivity contribution in [3.8, 4) is 5.75 Å². The Kier molecular flexibility index (Phi) is 8.34. The van der Waals surface area contributed by atoms with Crippen molar-refractivity contribution in [1.29, 1.82) is 0 Å². The highest BCUT2D eigenvalue weighted by atomic mass is 16.7. The van der Waals surface area contributed by atoms with E-state index in [4.69, 9.17) is 23.5 Å². The fourth-order valence-corrected chi connectivity index (χ4v) is 2.58. The van der Waals surface area contributed by atoms with E-state index < -0.39 is 0 Å². The van der Waals surface area contributed by atoms with Gasteiger partial charge in [-0.25, -0.2) is 4.79 Å². The summed E-state index contributed by atoms with van der Waals surface area (Å²) in [5.41, 5.74) is 0.265. The quantitative estimate of drug-likeness (QED) is 0.328. The van der Waals surface area contributed by atoms with E-state index in [-0.39, 0.29) is 30.9 Å².